The molecule has 1 atom stereocenters. The van der Waals surface area contributed by atoms with Crippen LogP contribution in [0.25, 0.3) is 0 Å². The maximum Gasteiger partial charge on any atom is 0.137 e. The first-order chi connectivity index (χ1) is 9.02. The maximum absolute atomic E-state index is 13.5. The summed E-state index contributed by atoms with van der Waals surface area (Å²) in [5.41, 5.74) is 2.31. The van der Waals surface area contributed by atoms with Gasteiger partial charge >= 0.3 is 0 Å². The molecule has 1 unspecified atom stereocenters. The van der Waals surface area contributed by atoms with Crippen LogP contribution in [0.15, 0.2) is 28.7 Å². The van der Waals surface area contributed by atoms with Gasteiger partial charge in [0, 0.05) is 15.8 Å². The molecule has 0 radical (unpaired) electrons. The molecular weight excluding hydrogens is 325 g/mol. The second-order valence-corrected chi connectivity index (χ2v) is 6.73. The molecule has 0 aliphatic heterocycles. The minimum absolute atomic E-state index is 0.203. The fourth-order valence-corrected chi connectivity index (χ4v) is 3.62. The highest BCUT2D eigenvalue weighted by Gasteiger charge is 2.16. The highest BCUT2D eigenvalue weighted by atomic mass is 79.9. The Hall–Kier alpha value is -0.710. The maximum atomic E-state index is 13.5. The lowest BCUT2D eigenvalue weighted by molar-refractivity contribution is 0.587. The zero-order chi connectivity index (χ0) is 14.0. The molecule has 19 heavy (non-hydrogen) atoms. The molecule has 0 saturated heterocycles. The largest absolute Gasteiger partial charge is 0.312 e. The summed E-state index contributed by atoms with van der Waals surface area (Å²) in [6, 6.07) is 7.63. The van der Waals surface area contributed by atoms with Crippen LogP contribution in [0.4, 0.5) is 4.39 Å². The van der Waals surface area contributed by atoms with Crippen molar-refractivity contribution in [1.82, 2.24) is 5.32 Å². The summed E-state index contributed by atoms with van der Waals surface area (Å²) < 4.78 is 14.1. The van der Waals surface area contributed by atoms with Crippen LogP contribution in [0.5, 0.6) is 0 Å². The normalized spacial score (nSPS) is 12.7. The van der Waals surface area contributed by atoms with Gasteiger partial charge in [0.05, 0.1) is 4.47 Å². The number of aryl methyl sites for hydroxylation is 2. The lowest BCUT2D eigenvalue weighted by Crippen LogP contribution is -2.18. The van der Waals surface area contributed by atoms with Crippen LogP contribution in [-0.2, 0) is 6.42 Å². The molecule has 1 heterocycles. The van der Waals surface area contributed by atoms with Crippen molar-refractivity contribution >= 4 is 27.3 Å². The Morgan fingerprint density at radius 3 is 2.68 bits per heavy atom. The summed E-state index contributed by atoms with van der Waals surface area (Å²) in [4.78, 5) is 2.64. The van der Waals surface area contributed by atoms with E-state index in [4.69, 9.17) is 0 Å². The van der Waals surface area contributed by atoms with E-state index in [-0.39, 0.29) is 11.9 Å². The molecule has 0 bridgehead atoms. The van der Waals surface area contributed by atoms with Crippen molar-refractivity contribution < 1.29 is 4.39 Å². The number of likely N-dealkylation sites (N-methyl/N-ethyl adjacent to an activating group) is 1. The molecule has 2 aromatic rings. The van der Waals surface area contributed by atoms with Gasteiger partial charge in [-0.15, -0.1) is 11.3 Å². The highest BCUT2D eigenvalue weighted by molar-refractivity contribution is 9.10. The van der Waals surface area contributed by atoms with Crippen molar-refractivity contribution in [3.05, 3.63) is 55.4 Å². The quantitative estimate of drug-likeness (QED) is 0.844. The predicted octanol–water partition coefficient (Wildman–Crippen LogP) is 4.77. The van der Waals surface area contributed by atoms with Crippen molar-refractivity contribution in [2.75, 3.05) is 7.05 Å². The Morgan fingerprint density at radius 2 is 2.11 bits per heavy atom. The molecule has 0 spiro atoms. The summed E-state index contributed by atoms with van der Waals surface area (Å²) in [5.74, 6) is -0.203. The average molecular weight is 342 g/mol. The standard InChI is InChI=1S/C15H17BrFNS/c1-9-7-14(19-10(9)2)13(18-3)8-11-5-4-6-12(17)15(11)16/h4-7,13,18H,8H2,1-3H3. The number of rotatable bonds is 4. The Labute approximate surface area is 126 Å². The van der Waals surface area contributed by atoms with Crippen molar-refractivity contribution in [1.29, 1.82) is 0 Å². The molecule has 1 aromatic carbocycles. The SMILES string of the molecule is CNC(Cc1cccc(F)c1Br)c1cc(C)c(C)s1. The zero-order valence-electron chi connectivity index (χ0n) is 11.3. The second-order valence-electron chi connectivity index (χ2n) is 4.65. The molecule has 4 heteroatoms. The van der Waals surface area contributed by atoms with E-state index in [1.54, 1.807) is 17.4 Å². The molecule has 2 rings (SSSR count). The topological polar surface area (TPSA) is 12.0 Å². The Kier molecular flexibility index (Phi) is 4.76. The third-order valence-corrected chi connectivity index (χ3v) is 5.49. The Balaban J connectivity index is 2.26. The predicted molar refractivity (Wildman–Crippen MR) is 83.4 cm³/mol. The van der Waals surface area contributed by atoms with E-state index in [9.17, 15) is 4.39 Å². The van der Waals surface area contributed by atoms with Gasteiger partial charge < -0.3 is 5.32 Å². The first kappa shape index (κ1) is 14.7. The Bertz CT molecular complexity index is 560. The fourth-order valence-electron chi connectivity index (χ4n) is 2.04. The van der Waals surface area contributed by atoms with Crippen LogP contribution in [0.1, 0.15) is 26.9 Å². The van der Waals surface area contributed by atoms with E-state index < -0.39 is 0 Å². The van der Waals surface area contributed by atoms with E-state index in [0.717, 1.165) is 12.0 Å². The molecule has 0 aliphatic carbocycles. The third kappa shape index (κ3) is 3.25. The molecule has 102 valence electrons. The van der Waals surface area contributed by atoms with Gasteiger partial charge in [-0.3, -0.25) is 0 Å². The van der Waals surface area contributed by atoms with E-state index in [0.29, 0.717) is 4.47 Å². The van der Waals surface area contributed by atoms with Gasteiger partial charge in [-0.05, 0) is 66.5 Å². The molecule has 1 aromatic heterocycles. The first-order valence-electron chi connectivity index (χ1n) is 6.20. The molecule has 0 aliphatic rings. The summed E-state index contributed by atoms with van der Waals surface area (Å²) in [6.45, 7) is 4.26. The van der Waals surface area contributed by atoms with Crippen LogP contribution >= 0.6 is 27.3 Å². The average Bonchev–Trinajstić information content (AvgIpc) is 2.71. The van der Waals surface area contributed by atoms with E-state index in [2.05, 4.69) is 41.2 Å². The highest BCUT2D eigenvalue weighted by Crippen LogP contribution is 2.31. The third-order valence-electron chi connectivity index (χ3n) is 3.33. The smallest absolute Gasteiger partial charge is 0.137 e. The summed E-state index contributed by atoms with van der Waals surface area (Å²) >= 11 is 5.14. The minimum Gasteiger partial charge on any atom is -0.312 e. The van der Waals surface area contributed by atoms with Crippen molar-refractivity contribution in [3.63, 3.8) is 0 Å². The van der Waals surface area contributed by atoms with E-state index >= 15 is 0 Å². The summed E-state index contributed by atoms with van der Waals surface area (Å²) in [7, 11) is 1.95. The minimum atomic E-state index is -0.203. The number of halogens is 2. The molecule has 0 fully saturated rings. The van der Waals surface area contributed by atoms with Crippen LogP contribution in [0.2, 0.25) is 0 Å². The summed E-state index contributed by atoms with van der Waals surface area (Å²) in [5, 5.41) is 3.32. The second kappa shape index (κ2) is 6.16. The number of hydrogen-bond donors (Lipinski definition) is 1. The van der Waals surface area contributed by atoms with Gasteiger partial charge in [0.15, 0.2) is 0 Å². The van der Waals surface area contributed by atoms with Gasteiger partial charge in [-0.2, -0.15) is 0 Å². The number of nitrogens with one attached hydrogen (secondary N) is 1. The fraction of sp³-hybridized carbons (Fsp3) is 0.333. The first-order valence-corrected chi connectivity index (χ1v) is 7.81. The molecule has 1 nitrogen and oxygen atoms in total. The van der Waals surface area contributed by atoms with Gasteiger partial charge in [0.1, 0.15) is 5.82 Å². The van der Waals surface area contributed by atoms with E-state index in [1.165, 1.54) is 21.4 Å². The van der Waals surface area contributed by atoms with Crippen molar-refractivity contribution in [3.8, 4) is 0 Å². The van der Waals surface area contributed by atoms with Crippen LogP contribution in [-0.4, -0.2) is 7.05 Å². The van der Waals surface area contributed by atoms with Gasteiger partial charge in [-0.25, -0.2) is 4.39 Å². The molecular formula is C15H17BrFNS. The van der Waals surface area contributed by atoms with Crippen LogP contribution < -0.4 is 5.32 Å². The number of thiophene rings is 1. The number of hydrogen-bond acceptors (Lipinski definition) is 2. The summed E-state index contributed by atoms with van der Waals surface area (Å²) in [6.07, 6.45) is 0.772. The van der Waals surface area contributed by atoms with Crippen molar-refractivity contribution in [2.45, 2.75) is 26.3 Å². The Morgan fingerprint density at radius 1 is 1.37 bits per heavy atom. The molecule has 1 N–H and O–H groups in total. The van der Waals surface area contributed by atoms with Gasteiger partial charge in [0.2, 0.25) is 0 Å². The number of benzene rings is 1. The lowest BCUT2D eigenvalue weighted by atomic mass is 10.0. The molecule has 0 amide bonds. The monoisotopic (exact) mass is 341 g/mol. The molecule has 0 saturated carbocycles. The van der Waals surface area contributed by atoms with E-state index in [1.807, 2.05) is 13.1 Å². The lowest BCUT2D eigenvalue weighted by Gasteiger charge is -2.15. The van der Waals surface area contributed by atoms with Crippen LogP contribution in [0.3, 0.4) is 0 Å². The van der Waals surface area contributed by atoms with Gasteiger partial charge in [0.25, 0.3) is 0 Å². The van der Waals surface area contributed by atoms with Crippen LogP contribution in [0, 0.1) is 19.7 Å². The van der Waals surface area contributed by atoms with Crippen molar-refractivity contribution in [2.24, 2.45) is 0 Å². The zero-order valence-corrected chi connectivity index (χ0v) is 13.7. The van der Waals surface area contributed by atoms with Gasteiger partial charge in [-0.1, -0.05) is 12.1 Å².